The highest BCUT2D eigenvalue weighted by atomic mass is 16.5. The van der Waals surface area contributed by atoms with Crippen molar-refractivity contribution in [2.75, 3.05) is 20.2 Å². The number of phenolic OH excluding ortho intramolecular Hbond substituents is 1. The van der Waals surface area contributed by atoms with Crippen molar-refractivity contribution in [2.45, 2.75) is 44.9 Å². The predicted octanol–water partition coefficient (Wildman–Crippen LogP) is 3.17. The van der Waals surface area contributed by atoms with Gasteiger partial charge >= 0.3 is 0 Å². The largest absolute Gasteiger partial charge is 0.508 e. The minimum atomic E-state index is -0.0826. The first kappa shape index (κ1) is 14.2. The van der Waals surface area contributed by atoms with Gasteiger partial charge in [0.2, 0.25) is 0 Å². The van der Waals surface area contributed by atoms with Crippen LogP contribution >= 0.6 is 0 Å². The lowest BCUT2D eigenvalue weighted by atomic mass is 9.83. The van der Waals surface area contributed by atoms with E-state index in [1.165, 1.54) is 6.42 Å². The van der Waals surface area contributed by atoms with Crippen LogP contribution in [-0.2, 0) is 5.41 Å². The molecule has 1 atom stereocenters. The SMILES string of the molecule is COc1cc(C(C)(C)C)c(O)cc1C1CCCNC1. The summed E-state index contributed by atoms with van der Waals surface area (Å²) < 4.78 is 5.55. The third kappa shape index (κ3) is 3.03. The molecule has 0 bridgehead atoms. The van der Waals surface area contributed by atoms with E-state index in [1.807, 2.05) is 12.1 Å². The number of nitrogens with one attached hydrogen (secondary N) is 1. The summed E-state index contributed by atoms with van der Waals surface area (Å²) in [6, 6.07) is 3.90. The van der Waals surface area contributed by atoms with Crippen molar-refractivity contribution in [1.82, 2.24) is 5.32 Å². The third-order valence-corrected chi connectivity index (χ3v) is 3.89. The molecule has 0 spiro atoms. The van der Waals surface area contributed by atoms with E-state index in [0.29, 0.717) is 11.7 Å². The average molecular weight is 263 g/mol. The molecule has 0 saturated carbocycles. The first-order valence-electron chi connectivity index (χ1n) is 7.05. The van der Waals surface area contributed by atoms with Gasteiger partial charge in [-0.2, -0.15) is 0 Å². The Bertz CT molecular complexity index is 443. The summed E-state index contributed by atoms with van der Waals surface area (Å²) in [6.07, 6.45) is 2.33. The predicted molar refractivity (Wildman–Crippen MR) is 78.2 cm³/mol. The van der Waals surface area contributed by atoms with Gasteiger partial charge in [0.25, 0.3) is 0 Å². The molecule has 1 heterocycles. The number of hydrogen-bond donors (Lipinski definition) is 2. The van der Waals surface area contributed by atoms with Gasteiger partial charge in [0.1, 0.15) is 11.5 Å². The molecule has 1 aromatic rings. The molecule has 0 aliphatic carbocycles. The molecule has 0 amide bonds. The van der Waals surface area contributed by atoms with E-state index in [9.17, 15) is 5.11 Å². The van der Waals surface area contributed by atoms with Crippen molar-refractivity contribution in [3.05, 3.63) is 23.3 Å². The van der Waals surface area contributed by atoms with Gasteiger partial charge in [0, 0.05) is 23.6 Å². The molecule has 3 nitrogen and oxygen atoms in total. The summed E-state index contributed by atoms with van der Waals surface area (Å²) in [4.78, 5) is 0. The quantitative estimate of drug-likeness (QED) is 0.861. The maximum absolute atomic E-state index is 10.3. The number of phenols is 1. The van der Waals surface area contributed by atoms with Gasteiger partial charge in [0.05, 0.1) is 7.11 Å². The van der Waals surface area contributed by atoms with Crippen LogP contribution in [0.1, 0.15) is 50.7 Å². The van der Waals surface area contributed by atoms with Crippen LogP contribution in [0, 0.1) is 0 Å². The molecular formula is C16H25NO2. The molecule has 106 valence electrons. The van der Waals surface area contributed by atoms with Crippen LogP contribution in [0.4, 0.5) is 0 Å². The molecule has 1 aliphatic heterocycles. The molecule has 0 radical (unpaired) electrons. The minimum Gasteiger partial charge on any atom is -0.508 e. The Balaban J connectivity index is 2.41. The molecule has 0 aromatic heterocycles. The van der Waals surface area contributed by atoms with Crippen LogP contribution in [0.2, 0.25) is 0 Å². The molecule has 2 rings (SSSR count). The standard InChI is InChI=1S/C16H25NO2/c1-16(2,3)13-9-15(19-4)12(8-14(13)18)11-6-5-7-17-10-11/h8-9,11,17-18H,5-7,10H2,1-4H3. The van der Waals surface area contributed by atoms with Crippen molar-refractivity contribution >= 4 is 0 Å². The van der Waals surface area contributed by atoms with Gasteiger partial charge in [-0.15, -0.1) is 0 Å². The number of ether oxygens (including phenoxy) is 1. The molecule has 2 N–H and O–H groups in total. The van der Waals surface area contributed by atoms with Crippen LogP contribution in [0.25, 0.3) is 0 Å². The zero-order chi connectivity index (χ0) is 14.0. The number of hydrogen-bond acceptors (Lipinski definition) is 3. The summed E-state index contributed by atoms with van der Waals surface area (Å²) in [6.45, 7) is 8.35. The second-order valence-electron chi connectivity index (χ2n) is 6.40. The Morgan fingerprint density at radius 3 is 2.58 bits per heavy atom. The number of methoxy groups -OCH3 is 1. The topological polar surface area (TPSA) is 41.5 Å². The first-order valence-corrected chi connectivity index (χ1v) is 7.05. The molecule has 3 heteroatoms. The van der Waals surface area contributed by atoms with Crippen LogP contribution in [0.5, 0.6) is 11.5 Å². The first-order chi connectivity index (χ1) is 8.93. The monoisotopic (exact) mass is 263 g/mol. The Morgan fingerprint density at radius 2 is 2.05 bits per heavy atom. The third-order valence-electron chi connectivity index (χ3n) is 3.89. The van der Waals surface area contributed by atoms with Gasteiger partial charge < -0.3 is 15.2 Å². The van der Waals surface area contributed by atoms with Crippen molar-refractivity contribution in [1.29, 1.82) is 0 Å². The lowest BCUT2D eigenvalue weighted by molar-refractivity contribution is 0.384. The number of aromatic hydroxyl groups is 1. The van der Waals surface area contributed by atoms with Crippen LogP contribution in [0.3, 0.4) is 0 Å². The summed E-state index contributed by atoms with van der Waals surface area (Å²) in [5, 5.41) is 13.7. The second kappa shape index (κ2) is 5.41. The van der Waals surface area contributed by atoms with E-state index >= 15 is 0 Å². The van der Waals surface area contributed by atoms with Gasteiger partial charge in [-0.3, -0.25) is 0 Å². The smallest absolute Gasteiger partial charge is 0.122 e. The highest BCUT2D eigenvalue weighted by molar-refractivity contribution is 5.50. The summed E-state index contributed by atoms with van der Waals surface area (Å²) >= 11 is 0. The highest BCUT2D eigenvalue weighted by Gasteiger charge is 2.24. The van der Waals surface area contributed by atoms with E-state index in [1.54, 1.807) is 7.11 Å². The molecule has 1 aliphatic rings. The zero-order valence-corrected chi connectivity index (χ0v) is 12.4. The molecule has 1 unspecified atom stereocenters. The van der Waals surface area contributed by atoms with E-state index in [2.05, 4.69) is 26.1 Å². The fraction of sp³-hybridized carbons (Fsp3) is 0.625. The van der Waals surface area contributed by atoms with Crippen molar-refractivity contribution in [2.24, 2.45) is 0 Å². The normalized spacial score (nSPS) is 20.3. The fourth-order valence-electron chi connectivity index (χ4n) is 2.80. The lowest BCUT2D eigenvalue weighted by Crippen LogP contribution is -2.28. The van der Waals surface area contributed by atoms with Gasteiger partial charge in [-0.05, 0) is 36.9 Å². The fourth-order valence-corrected chi connectivity index (χ4v) is 2.80. The molecule has 19 heavy (non-hydrogen) atoms. The second-order valence-corrected chi connectivity index (χ2v) is 6.40. The van der Waals surface area contributed by atoms with Crippen molar-refractivity contribution in [3.63, 3.8) is 0 Å². The average Bonchev–Trinajstić information content (AvgIpc) is 2.38. The van der Waals surface area contributed by atoms with Crippen LogP contribution in [-0.4, -0.2) is 25.3 Å². The van der Waals surface area contributed by atoms with Crippen LogP contribution < -0.4 is 10.1 Å². The van der Waals surface area contributed by atoms with Crippen molar-refractivity contribution in [3.8, 4) is 11.5 Å². The number of piperidine rings is 1. The highest BCUT2D eigenvalue weighted by Crippen LogP contribution is 2.40. The maximum atomic E-state index is 10.3. The minimum absolute atomic E-state index is 0.0826. The number of benzene rings is 1. The summed E-state index contributed by atoms with van der Waals surface area (Å²) in [5.41, 5.74) is 1.98. The molecular weight excluding hydrogens is 238 g/mol. The summed E-state index contributed by atoms with van der Waals surface area (Å²) in [7, 11) is 1.71. The van der Waals surface area contributed by atoms with E-state index in [4.69, 9.17) is 4.74 Å². The number of rotatable bonds is 2. The molecule has 1 fully saturated rings. The van der Waals surface area contributed by atoms with Gasteiger partial charge in [0.15, 0.2) is 0 Å². The van der Waals surface area contributed by atoms with Gasteiger partial charge in [-0.25, -0.2) is 0 Å². The Hall–Kier alpha value is -1.22. The van der Waals surface area contributed by atoms with E-state index in [-0.39, 0.29) is 5.41 Å². The van der Waals surface area contributed by atoms with E-state index < -0.39 is 0 Å². The Labute approximate surface area is 116 Å². The van der Waals surface area contributed by atoms with Crippen LogP contribution in [0.15, 0.2) is 12.1 Å². The van der Waals surface area contributed by atoms with E-state index in [0.717, 1.165) is 36.4 Å². The Kier molecular flexibility index (Phi) is 4.04. The summed E-state index contributed by atoms with van der Waals surface area (Å²) in [5.74, 6) is 1.72. The molecule has 1 aromatic carbocycles. The maximum Gasteiger partial charge on any atom is 0.122 e. The molecule has 1 saturated heterocycles. The van der Waals surface area contributed by atoms with Gasteiger partial charge in [-0.1, -0.05) is 20.8 Å². The Morgan fingerprint density at radius 1 is 1.32 bits per heavy atom. The lowest BCUT2D eigenvalue weighted by Gasteiger charge is -2.27. The zero-order valence-electron chi connectivity index (χ0n) is 12.4. The van der Waals surface area contributed by atoms with Crippen molar-refractivity contribution < 1.29 is 9.84 Å².